The number of anilines is 1. The first-order valence-electron chi connectivity index (χ1n) is 11.0. The molecule has 2 amide bonds. The van der Waals surface area contributed by atoms with Crippen molar-refractivity contribution in [2.24, 2.45) is 0 Å². The zero-order chi connectivity index (χ0) is 25.5. The van der Waals surface area contributed by atoms with Crippen molar-refractivity contribution in [2.75, 3.05) is 23.7 Å². The summed E-state index contributed by atoms with van der Waals surface area (Å²) in [5.74, 6) is -0.808. The van der Waals surface area contributed by atoms with E-state index < -0.39 is 28.5 Å². The minimum Gasteiger partial charge on any atom is -0.354 e. The average molecular weight is 529 g/mol. The number of aryl methyl sites for hydroxylation is 1. The molecule has 0 aliphatic carbocycles. The molecule has 10 heteroatoms. The Kier molecular flexibility index (Phi) is 10.2. The van der Waals surface area contributed by atoms with E-state index in [1.807, 2.05) is 6.92 Å². The lowest BCUT2D eigenvalue weighted by atomic mass is 10.1. The van der Waals surface area contributed by atoms with Gasteiger partial charge >= 0.3 is 0 Å². The highest BCUT2D eigenvalue weighted by atomic mass is 35.5. The summed E-state index contributed by atoms with van der Waals surface area (Å²) in [4.78, 5) is 27.6. The van der Waals surface area contributed by atoms with E-state index in [-0.39, 0.29) is 12.5 Å². The number of carbonyl (C=O) groups is 2. The van der Waals surface area contributed by atoms with Gasteiger partial charge in [0, 0.05) is 23.1 Å². The molecule has 0 aliphatic heterocycles. The third-order valence-electron chi connectivity index (χ3n) is 5.37. The van der Waals surface area contributed by atoms with Gasteiger partial charge in [0.05, 0.1) is 11.9 Å². The Labute approximate surface area is 212 Å². The predicted molar refractivity (Wildman–Crippen MR) is 138 cm³/mol. The van der Waals surface area contributed by atoms with Crippen LogP contribution in [0.5, 0.6) is 0 Å². The van der Waals surface area contributed by atoms with Crippen LogP contribution in [0.4, 0.5) is 5.69 Å². The maximum atomic E-state index is 13.5. The highest BCUT2D eigenvalue weighted by Gasteiger charge is 2.30. The molecule has 2 rings (SSSR count). The largest absolute Gasteiger partial charge is 0.354 e. The van der Waals surface area contributed by atoms with Gasteiger partial charge in [0.25, 0.3) is 0 Å². The zero-order valence-corrected chi connectivity index (χ0v) is 22.2. The van der Waals surface area contributed by atoms with E-state index in [2.05, 4.69) is 5.32 Å². The molecule has 2 aromatic rings. The molecule has 1 atom stereocenters. The summed E-state index contributed by atoms with van der Waals surface area (Å²) in [5.41, 5.74) is 1.73. The minimum atomic E-state index is -3.80. The van der Waals surface area contributed by atoms with Gasteiger partial charge in [-0.1, -0.05) is 48.7 Å². The molecule has 0 saturated heterocycles. The van der Waals surface area contributed by atoms with Gasteiger partial charge in [0.1, 0.15) is 12.6 Å². The minimum absolute atomic E-state index is 0.121. The van der Waals surface area contributed by atoms with Crippen molar-refractivity contribution in [1.29, 1.82) is 0 Å². The van der Waals surface area contributed by atoms with Crippen LogP contribution >= 0.6 is 23.2 Å². The molecule has 0 heterocycles. The number of hydrogen-bond acceptors (Lipinski definition) is 4. The Hall–Kier alpha value is -2.29. The fraction of sp³-hybridized carbons (Fsp3) is 0.417. The van der Waals surface area contributed by atoms with Gasteiger partial charge in [-0.3, -0.25) is 13.9 Å². The van der Waals surface area contributed by atoms with E-state index in [4.69, 9.17) is 23.2 Å². The number of amides is 2. The lowest BCUT2D eigenvalue weighted by molar-refractivity contribution is -0.139. The summed E-state index contributed by atoms with van der Waals surface area (Å²) < 4.78 is 26.3. The molecule has 2 aromatic carbocycles. The first kappa shape index (κ1) is 28.0. The molecule has 7 nitrogen and oxygen atoms in total. The zero-order valence-electron chi connectivity index (χ0n) is 19.8. The first-order chi connectivity index (χ1) is 15.9. The molecule has 1 N–H and O–H groups in total. The predicted octanol–water partition coefficient (Wildman–Crippen LogP) is 4.40. The number of halogens is 2. The van der Waals surface area contributed by atoms with Crippen LogP contribution in [0, 0.1) is 6.92 Å². The highest BCUT2D eigenvalue weighted by molar-refractivity contribution is 7.92. The van der Waals surface area contributed by atoms with Crippen LogP contribution in [0.2, 0.25) is 10.0 Å². The van der Waals surface area contributed by atoms with E-state index in [0.29, 0.717) is 27.8 Å². The summed E-state index contributed by atoms with van der Waals surface area (Å²) in [5, 5.41) is 3.85. The molecule has 0 aliphatic rings. The van der Waals surface area contributed by atoms with E-state index in [0.717, 1.165) is 29.0 Å². The summed E-state index contributed by atoms with van der Waals surface area (Å²) in [6.07, 6.45) is 2.78. The summed E-state index contributed by atoms with van der Waals surface area (Å²) in [6.45, 7) is 5.54. The Morgan fingerprint density at radius 2 is 1.68 bits per heavy atom. The number of sulfonamides is 1. The maximum absolute atomic E-state index is 13.5. The van der Waals surface area contributed by atoms with Crippen molar-refractivity contribution >= 4 is 50.7 Å². The molecule has 0 aromatic heterocycles. The van der Waals surface area contributed by atoms with Crippen molar-refractivity contribution in [2.45, 2.75) is 46.2 Å². The van der Waals surface area contributed by atoms with Gasteiger partial charge < -0.3 is 10.2 Å². The molecule has 0 bridgehead atoms. The second-order valence-corrected chi connectivity index (χ2v) is 10.9. The van der Waals surface area contributed by atoms with Crippen LogP contribution in [0.15, 0.2) is 42.5 Å². The van der Waals surface area contributed by atoms with Crippen molar-refractivity contribution in [3.8, 4) is 0 Å². The second-order valence-electron chi connectivity index (χ2n) is 8.17. The van der Waals surface area contributed by atoms with Crippen molar-refractivity contribution < 1.29 is 18.0 Å². The molecule has 186 valence electrons. The number of rotatable bonds is 11. The number of nitrogens with one attached hydrogen (secondary N) is 1. The molecule has 0 fully saturated rings. The fourth-order valence-electron chi connectivity index (χ4n) is 3.40. The summed E-state index contributed by atoms with van der Waals surface area (Å²) >= 11 is 12.0. The van der Waals surface area contributed by atoms with Crippen LogP contribution in [-0.2, 0) is 26.2 Å². The summed E-state index contributed by atoms with van der Waals surface area (Å²) in [7, 11) is -3.80. The SMILES string of the molecule is CCCCNC(=O)[C@H](C)N(Cc1ccc(Cl)cc1)C(=O)CN(c1ccc(Cl)cc1C)S(C)(=O)=O. The smallest absolute Gasteiger partial charge is 0.244 e. The van der Waals surface area contributed by atoms with Crippen LogP contribution < -0.4 is 9.62 Å². The number of benzene rings is 2. The average Bonchev–Trinajstić information content (AvgIpc) is 2.76. The summed E-state index contributed by atoms with van der Waals surface area (Å²) in [6, 6.07) is 10.9. The van der Waals surface area contributed by atoms with E-state index in [1.165, 1.54) is 4.90 Å². The lowest BCUT2D eigenvalue weighted by Gasteiger charge is -2.32. The van der Waals surface area contributed by atoms with Crippen LogP contribution in [-0.4, -0.2) is 50.5 Å². The fourth-order valence-corrected chi connectivity index (χ4v) is 4.66. The van der Waals surface area contributed by atoms with Gasteiger partial charge in [-0.2, -0.15) is 0 Å². The quantitative estimate of drug-likeness (QED) is 0.438. The Morgan fingerprint density at radius 3 is 2.24 bits per heavy atom. The highest BCUT2D eigenvalue weighted by Crippen LogP contribution is 2.26. The van der Waals surface area contributed by atoms with Crippen LogP contribution in [0.1, 0.15) is 37.8 Å². The molecule has 34 heavy (non-hydrogen) atoms. The third-order valence-corrected chi connectivity index (χ3v) is 6.98. The second kappa shape index (κ2) is 12.4. The van der Waals surface area contributed by atoms with Crippen molar-refractivity contribution in [1.82, 2.24) is 10.2 Å². The topological polar surface area (TPSA) is 86.8 Å². The maximum Gasteiger partial charge on any atom is 0.244 e. The lowest BCUT2D eigenvalue weighted by Crippen LogP contribution is -2.51. The molecule has 0 unspecified atom stereocenters. The van der Waals surface area contributed by atoms with Gasteiger partial charge in [-0.05, 0) is 61.7 Å². The first-order valence-corrected chi connectivity index (χ1v) is 13.6. The Morgan fingerprint density at radius 1 is 1.06 bits per heavy atom. The third kappa shape index (κ3) is 7.89. The standard InChI is InChI=1S/C24H31Cl2N3O4S/c1-5-6-13-27-24(31)18(3)28(15-19-7-9-20(25)10-8-19)23(30)16-29(34(4,32)33)22-12-11-21(26)14-17(22)2/h7-12,14,18H,5-6,13,15-16H2,1-4H3,(H,27,31)/t18-/m0/s1. The van der Waals surface area contributed by atoms with Gasteiger partial charge in [-0.15, -0.1) is 0 Å². The molecular formula is C24H31Cl2N3O4S. The van der Waals surface area contributed by atoms with E-state index >= 15 is 0 Å². The molecule has 0 radical (unpaired) electrons. The van der Waals surface area contributed by atoms with Gasteiger partial charge in [-0.25, -0.2) is 8.42 Å². The number of nitrogens with zero attached hydrogens (tertiary/aromatic N) is 2. The van der Waals surface area contributed by atoms with Crippen LogP contribution in [0.3, 0.4) is 0 Å². The van der Waals surface area contributed by atoms with E-state index in [9.17, 15) is 18.0 Å². The van der Waals surface area contributed by atoms with Crippen molar-refractivity contribution in [3.63, 3.8) is 0 Å². The van der Waals surface area contributed by atoms with Crippen molar-refractivity contribution in [3.05, 3.63) is 63.6 Å². The number of unbranched alkanes of at least 4 members (excludes halogenated alkanes) is 1. The van der Waals surface area contributed by atoms with E-state index in [1.54, 1.807) is 56.3 Å². The monoisotopic (exact) mass is 527 g/mol. The van der Waals surface area contributed by atoms with Gasteiger partial charge in [0.2, 0.25) is 21.8 Å². The number of carbonyl (C=O) groups excluding carboxylic acids is 2. The Balaban J connectivity index is 2.37. The normalized spacial score (nSPS) is 12.2. The van der Waals surface area contributed by atoms with Gasteiger partial charge in [0.15, 0.2) is 0 Å². The molecular weight excluding hydrogens is 497 g/mol. The Bertz CT molecular complexity index is 1110. The van der Waals surface area contributed by atoms with Crippen LogP contribution in [0.25, 0.3) is 0 Å². The molecule has 0 spiro atoms. The molecule has 0 saturated carbocycles. The number of hydrogen-bond donors (Lipinski definition) is 1.